The van der Waals surface area contributed by atoms with E-state index in [2.05, 4.69) is 43.9 Å². The number of allylic oxidation sites excluding steroid dienone is 4. The maximum Gasteiger partial charge on any atom is 0.131 e. The van der Waals surface area contributed by atoms with E-state index >= 15 is 0 Å². The first-order valence-electron chi connectivity index (χ1n) is 5.46. The van der Waals surface area contributed by atoms with Gasteiger partial charge >= 0.3 is 0 Å². The third kappa shape index (κ3) is 2.43. The molecule has 0 aromatic heterocycles. The van der Waals surface area contributed by atoms with Crippen LogP contribution in [0.3, 0.4) is 0 Å². The Morgan fingerprint density at radius 2 is 2.06 bits per heavy atom. The number of aryl methyl sites for hydroxylation is 1. The number of fused-ring (bicyclic) bond motifs is 1. The van der Waals surface area contributed by atoms with Gasteiger partial charge in [-0.05, 0) is 49.1 Å². The fraction of sp³-hybridized carbons (Fsp3) is 0.200. The maximum absolute atomic E-state index is 5.76. The molecule has 0 fully saturated rings. The van der Waals surface area contributed by atoms with E-state index in [4.69, 9.17) is 4.74 Å². The maximum atomic E-state index is 5.76. The molecule has 0 unspecified atom stereocenters. The van der Waals surface area contributed by atoms with Crippen molar-refractivity contribution in [1.29, 1.82) is 0 Å². The van der Waals surface area contributed by atoms with Crippen molar-refractivity contribution in [3.05, 3.63) is 65.5 Å². The van der Waals surface area contributed by atoms with Crippen LogP contribution in [0.4, 0.5) is 0 Å². The monoisotopic (exact) mass is 212 g/mol. The lowest BCUT2D eigenvalue weighted by Gasteiger charge is -2.10. The van der Waals surface area contributed by atoms with E-state index < -0.39 is 0 Å². The lowest BCUT2D eigenvalue weighted by atomic mass is 10.1. The fourth-order valence-corrected chi connectivity index (χ4v) is 1.77. The van der Waals surface area contributed by atoms with Crippen LogP contribution in [0.15, 0.2) is 54.3 Å². The van der Waals surface area contributed by atoms with Crippen molar-refractivity contribution in [3.63, 3.8) is 0 Å². The van der Waals surface area contributed by atoms with Gasteiger partial charge in [0.15, 0.2) is 0 Å². The van der Waals surface area contributed by atoms with Crippen molar-refractivity contribution in [3.8, 4) is 5.75 Å². The van der Waals surface area contributed by atoms with Crippen LogP contribution in [-0.4, -0.2) is 0 Å². The van der Waals surface area contributed by atoms with Gasteiger partial charge in [0, 0.05) is 0 Å². The Balaban J connectivity index is 2.43. The summed E-state index contributed by atoms with van der Waals surface area (Å²) in [6, 6.07) is 6.28. The van der Waals surface area contributed by atoms with E-state index in [9.17, 15) is 0 Å². The van der Waals surface area contributed by atoms with Crippen molar-refractivity contribution < 1.29 is 4.74 Å². The number of rotatable bonds is 0. The third-order valence-electron chi connectivity index (χ3n) is 2.57. The first-order valence-corrected chi connectivity index (χ1v) is 5.46. The molecule has 0 radical (unpaired) electrons. The second-order valence-corrected chi connectivity index (χ2v) is 4.17. The highest BCUT2D eigenvalue weighted by Gasteiger charge is 2.05. The van der Waals surface area contributed by atoms with Gasteiger partial charge < -0.3 is 4.74 Å². The molecule has 0 bridgehead atoms. The Hall–Kier alpha value is -1.76. The van der Waals surface area contributed by atoms with Crippen LogP contribution in [0.1, 0.15) is 18.1 Å². The molecule has 1 nitrogen and oxygen atoms in total. The molecule has 1 heterocycles. The Kier molecular flexibility index (Phi) is 2.95. The SMILES string of the molecule is C=C1/C=C(C)\C=C/Cc2ccc(C)cc2O1. The lowest BCUT2D eigenvalue weighted by molar-refractivity contribution is 0.442. The fourth-order valence-electron chi connectivity index (χ4n) is 1.77. The molecule has 82 valence electrons. The molecule has 0 amide bonds. The van der Waals surface area contributed by atoms with Crippen LogP contribution >= 0.6 is 0 Å². The van der Waals surface area contributed by atoms with Crippen molar-refractivity contribution in [2.45, 2.75) is 20.3 Å². The van der Waals surface area contributed by atoms with Gasteiger partial charge in [0.1, 0.15) is 11.5 Å². The van der Waals surface area contributed by atoms with Crippen molar-refractivity contribution in [1.82, 2.24) is 0 Å². The second kappa shape index (κ2) is 4.40. The summed E-state index contributed by atoms with van der Waals surface area (Å²) >= 11 is 0. The minimum absolute atomic E-state index is 0.691. The van der Waals surface area contributed by atoms with Crippen molar-refractivity contribution >= 4 is 0 Å². The largest absolute Gasteiger partial charge is 0.458 e. The number of hydrogen-bond acceptors (Lipinski definition) is 1. The molecule has 1 aromatic carbocycles. The number of hydrogen-bond donors (Lipinski definition) is 0. The van der Waals surface area contributed by atoms with Crippen molar-refractivity contribution in [2.24, 2.45) is 0 Å². The normalized spacial score (nSPS) is 20.6. The quantitative estimate of drug-likeness (QED) is 0.632. The van der Waals surface area contributed by atoms with Crippen molar-refractivity contribution in [2.75, 3.05) is 0 Å². The van der Waals surface area contributed by atoms with Gasteiger partial charge in [0.2, 0.25) is 0 Å². The average molecular weight is 212 g/mol. The third-order valence-corrected chi connectivity index (χ3v) is 2.57. The van der Waals surface area contributed by atoms with E-state index in [1.807, 2.05) is 13.0 Å². The average Bonchev–Trinajstić information content (AvgIpc) is 2.26. The van der Waals surface area contributed by atoms with Gasteiger partial charge in [-0.25, -0.2) is 0 Å². The second-order valence-electron chi connectivity index (χ2n) is 4.17. The standard InChI is InChI=1S/C15H16O/c1-11-5-4-6-14-8-7-12(2)10-15(14)16-13(3)9-11/h4-5,7-10H,3,6H2,1-2H3/b5-4-,11-9-. The molecule has 1 aliphatic rings. The first-order chi connectivity index (χ1) is 7.65. The highest BCUT2D eigenvalue weighted by atomic mass is 16.5. The molecule has 0 saturated heterocycles. The molecule has 0 atom stereocenters. The van der Waals surface area contributed by atoms with Crippen LogP contribution in [-0.2, 0) is 6.42 Å². The van der Waals surface area contributed by atoms with Gasteiger partial charge in [0.05, 0.1) is 0 Å². The minimum Gasteiger partial charge on any atom is -0.458 e. The summed E-state index contributed by atoms with van der Waals surface area (Å²) in [5, 5.41) is 0. The molecule has 0 spiro atoms. The van der Waals surface area contributed by atoms with E-state index in [-0.39, 0.29) is 0 Å². The Bertz CT molecular complexity index is 478. The van der Waals surface area contributed by atoms with E-state index in [0.717, 1.165) is 17.7 Å². The van der Waals surface area contributed by atoms with Crippen LogP contribution < -0.4 is 4.74 Å². The zero-order valence-electron chi connectivity index (χ0n) is 9.79. The molecule has 0 aliphatic carbocycles. The van der Waals surface area contributed by atoms with Crippen LogP contribution in [0.5, 0.6) is 5.75 Å². The Labute approximate surface area is 96.8 Å². The highest BCUT2D eigenvalue weighted by molar-refractivity contribution is 5.41. The number of ether oxygens (including phenoxy) is 1. The van der Waals surface area contributed by atoms with Crippen LogP contribution in [0, 0.1) is 6.92 Å². The van der Waals surface area contributed by atoms with Gasteiger partial charge in [-0.2, -0.15) is 0 Å². The summed E-state index contributed by atoms with van der Waals surface area (Å²) in [7, 11) is 0. The molecule has 1 heteroatoms. The molecule has 1 aromatic rings. The molecule has 0 saturated carbocycles. The molecule has 1 aliphatic heterocycles. The summed E-state index contributed by atoms with van der Waals surface area (Å²) < 4.78 is 5.76. The smallest absolute Gasteiger partial charge is 0.131 e. The van der Waals surface area contributed by atoms with E-state index in [1.54, 1.807) is 0 Å². The van der Waals surface area contributed by atoms with Gasteiger partial charge in [-0.15, -0.1) is 0 Å². The van der Waals surface area contributed by atoms with Gasteiger partial charge in [-0.1, -0.05) is 30.9 Å². The molecule has 0 N–H and O–H groups in total. The molecule has 16 heavy (non-hydrogen) atoms. The summed E-state index contributed by atoms with van der Waals surface area (Å²) in [6.07, 6.45) is 7.10. The van der Waals surface area contributed by atoms with Crippen LogP contribution in [0.2, 0.25) is 0 Å². The first kappa shape index (κ1) is 10.7. The Morgan fingerprint density at radius 3 is 2.88 bits per heavy atom. The predicted molar refractivity (Wildman–Crippen MR) is 67.5 cm³/mol. The van der Waals surface area contributed by atoms with Gasteiger partial charge in [-0.3, -0.25) is 0 Å². The molecule has 2 rings (SSSR count). The Morgan fingerprint density at radius 1 is 1.25 bits per heavy atom. The molecular weight excluding hydrogens is 196 g/mol. The topological polar surface area (TPSA) is 9.23 Å². The summed E-state index contributed by atoms with van der Waals surface area (Å²) in [5.74, 6) is 1.61. The summed E-state index contributed by atoms with van der Waals surface area (Å²) in [6.45, 7) is 8.02. The lowest BCUT2D eigenvalue weighted by Crippen LogP contribution is -1.95. The van der Waals surface area contributed by atoms with E-state index in [0.29, 0.717) is 5.76 Å². The van der Waals surface area contributed by atoms with Gasteiger partial charge in [0.25, 0.3) is 0 Å². The number of benzene rings is 1. The predicted octanol–water partition coefficient (Wildman–Crippen LogP) is 3.95. The van der Waals surface area contributed by atoms with Crippen LogP contribution in [0.25, 0.3) is 0 Å². The zero-order valence-corrected chi connectivity index (χ0v) is 9.79. The minimum atomic E-state index is 0.691. The highest BCUT2D eigenvalue weighted by Crippen LogP contribution is 2.24. The van der Waals surface area contributed by atoms with E-state index in [1.165, 1.54) is 11.1 Å². The molecular formula is C15H16O. The summed E-state index contributed by atoms with van der Waals surface area (Å²) in [4.78, 5) is 0. The summed E-state index contributed by atoms with van der Waals surface area (Å²) in [5.41, 5.74) is 3.57. The zero-order chi connectivity index (χ0) is 11.5.